The number of urea groups is 1. The van der Waals surface area contributed by atoms with E-state index in [1.807, 2.05) is 4.90 Å². The maximum Gasteiger partial charge on any atom is 0.325 e. The summed E-state index contributed by atoms with van der Waals surface area (Å²) >= 11 is 1.63. The Bertz CT molecular complexity index is 413. The van der Waals surface area contributed by atoms with E-state index in [1.165, 1.54) is 4.90 Å². The Kier molecular flexibility index (Phi) is 4.34. The van der Waals surface area contributed by atoms with Gasteiger partial charge in [-0.1, -0.05) is 32.0 Å². The minimum atomic E-state index is -0.382. The molecule has 0 aromatic heterocycles. The van der Waals surface area contributed by atoms with Crippen molar-refractivity contribution in [2.24, 2.45) is 4.99 Å². The number of carbonyl (C=O) groups excluding carboxylic acids is 2. The summed E-state index contributed by atoms with van der Waals surface area (Å²) in [4.78, 5) is 31.8. The van der Waals surface area contributed by atoms with Crippen molar-refractivity contribution in [3.05, 3.63) is 0 Å². The van der Waals surface area contributed by atoms with E-state index in [0.29, 0.717) is 0 Å². The monoisotopic (exact) mass is 284 g/mol. The van der Waals surface area contributed by atoms with Crippen molar-refractivity contribution >= 4 is 28.9 Å². The van der Waals surface area contributed by atoms with Gasteiger partial charge in [0.05, 0.1) is 0 Å². The van der Waals surface area contributed by atoms with Crippen LogP contribution in [0.15, 0.2) is 4.99 Å². The number of imide groups is 1. The second-order valence-electron chi connectivity index (χ2n) is 4.66. The van der Waals surface area contributed by atoms with Crippen LogP contribution >= 0.6 is 11.8 Å². The van der Waals surface area contributed by atoms with Gasteiger partial charge in [0.2, 0.25) is 0 Å². The number of hydrogen-bond acceptors (Lipinski definition) is 5. The molecule has 2 aliphatic heterocycles. The molecule has 6 nitrogen and oxygen atoms in total. The first-order chi connectivity index (χ1) is 9.10. The molecule has 106 valence electrons. The summed E-state index contributed by atoms with van der Waals surface area (Å²) in [6, 6.07) is -0.739. The summed E-state index contributed by atoms with van der Waals surface area (Å²) < 4.78 is 0. The molecule has 2 heterocycles. The molecule has 0 radical (unpaired) electrons. The van der Waals surface area contributed by atoms with Crippen molar-refractivity contribution in [1.29, 1.82) is 0 Å². The zero-order valence-electron chi connectivity index (χ0n) is 11.5. The third-order valence-electron chi connectivity index (χ3n) is 3.35. The highest BCUT2D eigenvalue weighted by Gasteiger charge is 2.48. The quantitative estimate of drug-likeness (QED) is 0.839. The molecule has 1 saturated heterocycles. The molecule has 0 saturated carbocycles. The van der Waals surface area contributed by atoms with E-state index in [0.717, 1.165) is 30.3 Å². The number of nitrogens with one attached hydrogen (secondary N) is 1. The van der Waals surface area contributed by atoms with E-state index in [9.17, 15) is 9.59 Å². The Morgan fingerprint density at radius 3 is 2.74 bits per heavy atom. The summed E-state index contributed by atoms with van der Waals surface area (Å²) in [5.41, 5.74) is 0. The van der Waals surface area contributed by atoms with Gasteiger partial charge in [-0.25, -0.2) is 9.79 Å². The Hall–Kier alpha value is -1.24. The lowest BCUT2D eigenvalue weighted by Crippen LogP contribution is -2.63. The molecule has 2 aliphatic rings. The lowest BCUT2D eigenvalue weighted by Gasteiger charge is -2.36. The number of nitrogens with zero attached hydrogens (tertiary/aromatic N) is 3. The number of unbranched alkanes of at least 4 members (excludes halogenated alkanes) is 1. The van der Waals surface area contributed by atoms with Gasteiger partial charge in [0.15, 0.2) is 17.4 Å². The van der Waals surface area contributed by atoms with E-state index in [-0.39, 0.29) is 24.1 Å². The molecule has 1 fully saturated rings. The number of aliphatic imine (C=N–C) groups is 1. The van der Waals surface area contributed by atoms with Crippen LogP contribution in [0.2, 0.25) is 0 Å². The number of amides is 3. The van der Waals surface area contributed by atoms with Gasteiger partial charge >= 0.3 is 6.03 Å². The van der Waals surface area contributed by atoms with Gasteiger partial charge < -0.3 is 9.80 Å². The third-order valence-corrected chi connectivity index (χ3v) is 4.24. The summed E-state index contributed by atoms with van der Waals surface area (Å²) in [6.45, 7) is 4.98. The minimum absolute atomic E-state index is 0.236. The molecule has 2 unspecified atom stereocenters. The van der Waals surface area contributed by atoms with Gasteiger partial charge in [0.25, 0.3) is 5.91 Å². The topological polar surface area (TPSA) is 65.0 Å². The van der Waals surface area contributed by atoms with Gasteiger partial charge in [-0.15, -0.1) is 0 Å². The number of rotatable bonds is 4. The molecule has 7 heteroatoms. The predicted molar refractivity (Wildman–Crippen MR) is 76.1 cm³/mol. The molecule has 0 aliphatic carbocycles. The maximum atomic E-state index is 12.1. The third kappa shape index (κ3) is 2.56. The maximum absolute atomic E-state index is 12.1. The van der Waals surface area contributed by atoms with Crippen molar-refractivity contribution in [3.8, 4) is 0 Å². The SMILES string of the molecule is CCCCN1C(SCC)=NC2C1C(=O)NC(=O)N2C. The van der Waals surface area contributed by atoms with Crippen LogP contribution in [-0.2, 0) is 4.79 Å². The number of amidine groups is 1. The normalized spacial score (nSPS) is 26.4. The number of thioether (sulfide) groups is 1. The lowest BCUT2D eigenvalue weighted by molar-refractivity contribution is -0.127. The smallest absolute Gasteiger partial charge is 0.325 e. The molecule has 3 amide bonds. The van der Waals surface area contributed by atoms with Crippen molar-refractivity contribution in [2.75, 3.05) is 19.3 Å². The first-order valence-electron chi connectivity index (χ1n) is 6.65. The van der Waals surface area contributed by atoms with Gasteiger partial charge in [0.1, 0.15) is 0 Å². The highest BCUT2D eigenvalue weighted by molar-refractivity contribution is 8.13. The van der Waals surface area contributed by atoms with Crippen LogP contribution in [0.5, 0.6) is 0 Å². The molecular formula is C12H20N4O2S. The Morgan fingerprint density at radius 2 is 2.11 bits per heavy atom. The van der Waals surface area contributed by atoms with Crippen molar-refractivity contribution in [3.63, 3.8) is 0 Å². The summed E-state index contributed by atoms with van der Waals surface area (Å²) in [5, 5.41) is 3.27. The summed E-state index contributed by atoms with van der Waals surface area (Å²) in [7, 11) is 1.68. The fraction of sp³-hybridized carbons (Fsp3) is 0.750. The molecule has 0 aromatic carbocycles. The lowest BCUT2D eigenvalue weighted by atomic mass is 10.1. The molecule has 0 aromatic rings. The van der Waals surface area contributed by atoms with Crippen LogP contribution < -0.4 is 5.32 Å². The fourth-order valence-electron chi connectivity index (χ4n) is 2.31. The predicted octanol–water partition coefficient (Wildman–Crippen LogP) is 1.09. The average molecular weight is 284 g/mol. The first kappa shape index (κ1) is 14.2. The molecule has 2 atom stereocenters. The summed E-state index contributed by atoms with van der Waals surface area (Å²) in [6.07, 6.45) is 1.69. The Morgan fingerprint density at radius 1 is 1.37 bits per heavy atom. The minimum Gasteiger partial charge on any atom is -0.336 e. The zero-order valence-corrected chi connectivity index (χ0v) is 12.4. The average Bonchev–Trinajstić information content (AvgIpc) is 2.73. The number of carbonyl (C=O) groups is 2. The van der Waals surface area contributed by atoms with Crippen LogP contribution in [0.4, 0.5) is 4.79 Å². The Labute approximate surface area is 117 Å². The van der Waals surface area contributed by atoms with E-state index < -0.39 is 0 Å². The van der Waals surface area contributed by atoms with E-state index in [4.69, 9.17) is 0 Å². The molecule has 19 heavy (non-hydrogen) atoms. The largest absolute Gasteiger partial charge is 0.336 e. The second-order valence-corrected chi connectivity index (χ2v) is 5.89. The van der Waals surface area contributed by atoms with Gasteiger partial charge in [0, 0.05) is 13.6 Å². The van der Waals surface area contributed by atoms with E-state index in [2.05, 4.69) is 24.2 Å². The molecule has 1 N–H and O–H groups in total. The van der Waals surface area contributed by atoms with E-state index >= 15 is 0 Å². The Balaban J connectivity index is 2.24. The molecule has 0 spiro atoms. The standard InChI is InChI=1S/C12H20N4O2S/c1-4-6-7-16-8-9(13-12(16)19-5-2)15(3)11(18)14-10(8)17/h8-9H,4-7H2,1-3H3,(H,14,17,18). The van der Waals surface area contributed by atoms with Crippen LogP contribution in [0, 0.1) is 0 Å². The number of hydrogen-bond donors (Lipinski definition) is 1. The second kappa shape index (κ2) is 5.81. The zero-order chi connectivity index (χ0) is 14.0. The van der Waals surface area contributed by atoms with Gasteiger partial charge in [-0.05, 0) is 12.2 Å². The summed E-state index contributed by atoms with van der Waals surface area (Å²) in [5.74, 6) is 0.667. The van der Waals surface area contributed by atoms with Crippen LogP contribution in [0.1, 0.15) is 26.7 Å². The van der Waals surface area contributed by atoms with E-state index in [1.54, 1.807) is 18.8 Å². The molecular weight excluding hydrogens is 264 g/mol. The van der Waals surface area contributed by atoms with Crippen molar-refractivity contribution < 1.29 is 9.59 Å². The number of fused-ring (bicyclic) bond motifs is 1. The van der Waals surface area contributed by atoms with Crippen molar-refractivity contribution in [2.45, 2.75) is 38.9 Å². The van der Waals surface area contributed by atoms with Gasteiger partial charge in [-0.2, -0.15) is 0 Å². The van der Waals surface area contributed by atoms with Crippen LogP contribution in [0.3, 0.4) is 0 Å². The molecule has 0 bridgehead atoms. The fourth-order valence-corrected chi connectivity index (χ4v) is 3.12. The van der Waals surface area contributed by atoms with Gasteiger partial charge in [-0.3, -0.25) is 10.1 Å². The van der Waals surface area contributed by atoms with Crippen LogP contribution in [-0.4, -0.2) is 58.5 Å². The molecule has 2 rings (SSSR count). The van der Waals surface area contributed by atoms with Crippen molar-refractivity contribution in [1.82, 2.24) is 15.1 Å². The highest BCUT2D eigenvalue weighted by atomic mass is 32.2. The van der Waals surface area contributed by atoms with Crippen LogP contribution in [0.25, 0.3) is 0 Å². The first-order valence-corrected chi connectivity index (χ1v) is 7.63. The number of likely N-dealkylation sites (N-methyl/N-ethyl adjacent to an activating group) is 1. The highest BCUT2D eigenvalue weighted by Crippen LogP contribution is 2.28.